The lowest BCUT2D eigenvalue weighted by Gasteiger charge is -2.31. The van der Waals surface area contributed by atoms with E-state index in [9.17, 15) is 9.59 Å². The molecule has 1 fully saturated rings. The number of aryl methyl sites for hydroxylation is 1. The highest BCUT2D eigenvalue weighted by Crippen LogP contribution is 2.28. The molecule has 4 rings (SSSR count). The van der Waals surface area contributed by atoms with Crippen LogP contribution in [0, 0.1) is 12.8 Å². The van der Waals surface area contributed by atoms with E-state index in [4.69, 9.17) is 0 Å². The molecule has 0 aliphatic carbocycles. The van der Waals surface area contributed by atoms with Crippen LogP contribution in [0.25, 0.3) is 0 Å². The summed E-state index contributed by atoms with van der Waals surface area (Å²) in [5.74, 6) is 1.21. The molecule has 1 aromatic carbocycles. The lowest BCUT2D eigenvalue weighted by atomic mass is 9.95. The number of thioether (sulfide) groups is 1. The Kier molecular flexibility index (Phi) is 6.99. The summed E-state index contributed by atoms with van der Waals surface area (Å²) in [6, 6.07) is 11.5. The Balaban J connectivity index is 1.34. The number of thiazole rings is 1. The van der Waals surface area contributed by atoms with Gasteiger partial charge in [0.1, 0.15) is 5.82 Å². The van der Waals surface area contributed by atoms with Crippen LogP contribution in [0.2, 0.25) is 0 Å². The third-order valence-corrected chi connectivity index (χ3v) is 7.04. The standard InChI is InChI=1S/C23H24N4O2S2/c1-16-6-9-24-21(12-16)26-22(28)17-7-10-27(11-8-17)23(29)19-4-2-3-5-20(19)31-14-18-13-30-15-25-18/h2-6,9,12-13,15,17H,7-8,10-11,14H2,1H3,(H,24,26,28). The van der Waals surface area contributed by atoms with Gasteiger partial charge in [-0.2, -0.15) is 0 Å². The van der Waals surface area contributed by atoms with E-state index in [2.05, 4.69) is 15.3 Å². The summed E-state index contributed by atoms with van der Waals surface area (Å²) in [5, 5.41) is 4.93. The summed E-state index contributed by atoms with van der Waals surface area (Å²) in [6.45, 7) is 3.11. The van der Waals surface area contributed by atoms with Crippen molar-refractivity contribution in [3.8, 4) is 0 Å². The predicted octanol–water partition coefficient (Wildman–Crippen LogP) is 4.63. The van der Waals surface area contributed by atoms with Gasteiger partial charge in [-0.05, 0) is 49.6 Å². The van der Waals surface area contributed by atoms with Crippen LogP contribution in [-0.2, 0) is 10.5 Å². The van der Waals surface area contributed by atoms with E-state index in [-0.39, 0.29) is 17.7 Å². The van der Waals surface area contributed by atoms with Crippen LogP contribution < -0.4 is 5.32 Å². The minimum atomic E-state index is -0.111. The fraction of sp³-hybridized carbons (Fsp3) is 0.304. The normalized spacial score (nSPS) is 14.4. The van der Waals surface area contributed by atoms with Crippen LogP contribution in [-0.4, -0.2) is 39.8 Å². The first-order valence-electron chi connectivity index (χ1n) is 10.2. The van der Waals surface area contributed by atoms with Crippen LogP contribution in [0.1, 0.15) is 34.5 Å². The molecule has 160 valence electrons. The Morgan fingerprint density at radius 2 is 2.00 bits per heavy atom. The van der Waals surface area contributed by atoms with Crippen molar-refractivity contribution in [3.63, 3.8) is 0 Å². The fourth-order valence-electron chi connectivity index (χ4n) is 3.58. The molecule has 0 spiro atoms. The van der Waals surface area contributed by atoms with Crippen molar-refractivity contribution in [1.82, 2.24) is 14.9 Å². The van der Waals surface area contributed by atoms with Crippen LogP contribution in [0.3, 0.4) is 0 Å². The second-order valence-electron chi connectivity index (χ2n) is 7.54. The van der Waals surface area contributed by atoms with Crippen molar-refractivity contribution in [2.45, 2.75) is 30.4 Å². The molecule has 1 N–H and O–H groups in total. The van der Waals surface area contributed by atoms with Gasteiger partial charge in [-0.1, -0.05) is 12.1 Å². The fourth-order valence-corrected chi connectivity index (χ4v) is 5.19. The highest BCUT2D eigenvalue weighted by molar-refractivity contribution is 7.98. The van der Waals surface area contributed by atoms with E-state index in [1.165, 1.54) is 0 Å². The van der Waals surface area contributed by atoms with Crippen molar-refractivity contribution in [2.75, 3.05) is 18.4 Å². The molecule has 31 heavy (non-hydrogen) atoms. The predicted molar refractivity (Wildman–Crippen MR) is 124 cm³/mol. The lowest BCUT2D eigenvalue weighted by Crippen LogP contribution is -2.41. The first-order valence-corrected chi connectivity index (χ1v) is 12.1. The first-order chi connectivity index (χ1) is 15.1. The minimum absolute atomic E-state index is 0.0237. The van der Waals surface area contributed by atoms with Gasteiger partial charge in [0.25, 0.3) is 5.91 Å². The van der Waals surface area contributed by atoms with Crippen LogP contribution in [0.4, 0.5) is 5.82 Å². The maximum Gasteiger partial charge on any atom is 0.254 e. The number of pyridine rings is 1. The first kappa shape index (κ1) is 21.5. The molecule has 1 aliphatic heterocycles. The Hall–Kier alpha value is -2.71. The summed E-state index contributed by atoms with van der Waals surface area (Å²) in [7, 11) is 0. The summed E-state index contributed by atoms with van der Waals surface area (Å²) in [6.07, 6.45) is 2.99. The Labute approximate surface area is 190 Å². The topological polar surface area (TPSA) is 75.2 Å². The van der Waals surface area contributed by atoms with Gasteiger partial charge in [0.15, 0.2) is 0 Å². The van der Waals surface area contributed by atoms with Gasteiger partial charge in [0.05, 0.1) is 16.8 Å². The summed E-state index contributed by atoms with van der Waals surface area (Å²) in [4.78, 5) is 37.1. The Morgan fingerprint density at radius 3 is 2.74 bits per heavy atom. The molecule has 6 nitrogen and oxygen atoms in total. The average molecular weight is 453 g/mol. The summed E-state index contributed by atoms with van der Waals surface area (Å²) >= 11 is 3.21. The van der Waals surface area contributed by atoms with Gasteiger partial charge in [-0.25, -0.2) is 9.97 Å². The molecular formula is C23H24N4O2S2. The highest BCUT2D eigenvalue weighted by Gasteiger charge is 2.29. The number of carbonyl (C=O) groups is 2. The third-order valence-electron chi connectivity index (χ3n) is 5.30. The van der Waals surface area contributed by atoms with Gasteiger partial charge in [-0.3, -0.25) is 9.59 Å². The van der Waals surface area contributed by atoms with E-state index in [0.717, 1.165) is 27.5 Å². The number of amides is 2. The number of hydrogen-bond acceptors (Lipinski definition) is 6. The second-order valence-corrected chi connectivity index (χ2v) is 9.27. The highest BCUT2D eigenvalue weighted by atomic mass is 32.2. The molecule has 0 unspecified atom stereocenters. The van der Waals surface area contributed by atoms with E-state index < -0.39 is 0 Å². The van der Waals surface area contributed by atoms with Crippen molar-refractivity contribution < 1.29 is 9.59 Å². The lowest BCUT2D eigenvalue weighted by molar-refractivity contribution is -0.121. The summed E-state index contributed by atoms with van der Waals surface area (Å²) < 4.78 is 0. The number of likely N-dealkylation sites (tertiary alicyclic amines) is 1. The van der Waals surface area contributed by atoms with E-state index >= 15 is 0 Å². The molecule has 3 heterocycles. The van der Waals surface area contributed by atoms with Gasteiger partial charge in [-0.15, -0.1) is 23.1 Å². The molecule has 2 aromatic heterocycles. The van der Waals surface area contributed by atoms with E-state index in [1.54, 1.807) is 29.3 Å². The number of carbonyl (C=O) groups excluding carboxylic acids is 2. The smallest absolute Gasteiger partial charge is 0.254 e. The largest absolute Gasteiger partial charge is 0.339 e. The number of nitrogens with zero attached hydrogens (tertiary/aromatic N) is 3. The number of anilines is 1. The molecule has 1 aliphatic rings. The monoisotopic (exact) mass is 452 g/mol. The molecule has 0 saturated carbocycles. The molecule has 3 aromatic rings. The molecule has 0 radical (unpaired) electrons. The zero-order valence-corrected chi connectivity index (χ0v) is 18.9. The average Bonchev–Trinajstić information content (AvgIpc) is 3.31. The second kappa shape index (κ2) is 10.1. The molecule has 0 atom stereocenters. The van der Waals surface area contributed by atoms with Gasteiger partial charge < -0.3 is 10.2 Å². The number of piperidine rings is 1. The van der Waals surface area contributed by atoms with Gasteiger partial charge in [0, 0.05) is 41.2 Å². The molecule has 2 amide bonds. The van der Waals surface area contributed by atoms with Crippen molar-refractivity contribution in [2.24, 2.45) is 5.92 Å². The molecule has 8 heteroatoms. The van der Waals surface area contributed by atoms with Crippen LogP contribution in [0.5, 0.6) is 0 Å². The SMILES string of the molecule is Cc1ccnc(NC(=O)C2CCN(C(=O)c3ccccc3SCc3cscn3)CC2)c1. The maximum absolute atomic E-state index is 13.2. The van der Waals surface area contributed by atoms with Gasteiger partial charge >= 0.3 is 0 Å². The number of hydrogen-bond donors (Lipinski definition) is 1. The number of rotatable bonds is 6. The summed E-state index contributed by atoms with van der Waals surface area (Å²) in [5.41, 5.74) is 4.61. The van der Waals surface area contributed by atoms with E-state index in [1.807, 2.05) is 59.1 Å². The number of benzene rings is 1. The van der Waals surface area contributed by atoms with Crippen LogP contribution >= 0.6 is 23.1 Å². The Morgan fingerprint density at radius 1 is 1.19 bits per heavy atom. The molecule has 1 saturated heterocycles. The zero-order chi connectivity index (χ0) is 21.6. The Bertz CT molecular complexity index is 1050. The van der Waals surface area contributed by atoms with Crippen molar-refractivity contribution in [1.29, 1.82) is 0 Å². The van der Waals surface area contributed by atoms with Crippen LogP contribution in [0.15, 0.2) is 58.4 Å². The van der Waals surface area contributed by atoms with Crippen molar-refractivity contribution >= 4 is 40.7 Å². The zero-order valence-electron chi connectivity index (χ0n) is 17.3. The quantitative estimate of drug-likeness (QED) is 0.552. The van der Waals surface area contributed by atoms with E-state index in [0.29, 0.717) is 31.7 Å². The molecular weight excluding hydrogens is 428 g/mol. The number of nitrogens with one attached hydrogen (secondary N) is 1. The maximum atomic E-state index is 13.2. The van der Waals surface area contributed by atoms with Crippen molar-refractivity contribution in [3.05, 3.63) is 70.3 Å². The number of aromatic nitrogens is 2. The minimum Gasteiger partial charge on any atom is -0.339 e. The third kappa shape index (κ3) is 5.51. The van der Waals surface area contributed by atoms with Gasteiger partial charge in [0.2, 0.25) is 5.91 Å². The molecule has 0 bridgehead atoms.